The number of carbonyl (C=O) groups is 1. The predicted molar refractivity (Wildman–Crippen MR) is 34.2 cm³/mol. The van der Waals surface area contributed by atoms with Crippen molar-refractivity contribution < 1.29 is 9.53 Å². The smallest absolute Gasteiger partial charge is 0.143 e. The van der Waals surface area contributed by atoms with E-state index in [-0.39, 0.29) is 11.8 Å². The highest BCUT2D eigenvalue weighted by Gasteiger charge is 2.24. The Morgan fingerprint density at radius 3 is 2.11 bits per heavy atom. The topological polar surface area (TPSA) is 26.3 Å². The molecular weight excluding hydrogens is 116 g/mol. The van der Waals surface area contributed by atoms with Gasteiger partial charge in [-0.1, -0.05) is 13.8 Å². The van der Waals surface area contributed by atoms with Crippen LogP contribution in [0.15, 0.2) is 0 Å². The molecule has 0 spiro atoms. The van der Waals surface area contributed by atoms with Crippen molar-refractivity contribution >= 4 is 5.78 Å². The second-order valence-corrected chi connectivity index (χ2v) is 2.74. The molecule has 1 saturated heterocycles. The SMILES string of the molecule is C[C@@H]1COC[C@@H](C)C1=O. The average molecular weight is 128 g/mol. The monoisotopic (exact) mass is 128 g/mol. The lowest BCUT2D eigenvalue weighted by atomic mass is 9.95. The summed E-state index contributed by atoms with van der Waals surface area (Å²) in [5.74, 6) is 0.587. The summed E-state index contributed by atoms with van der Waals surface area (Å²) >= 11 is 0. The summed E-state index contributed by atoms with van der Waals surface area (Å²) in [6.45, 7) is 5.06. The number of hydrogen-bond acceptors (Lipinski definition) is 2. The van der Waals surface area contributed by atoms with Crippen LogP contribution in [0.25, 0.3) is 0 Å². The first kappa shape index (κ1) is 6.75. The van der Waals surface area contributed by atoms with E-state index in [1.165, 1.54) is 0 Å². The lowest BCUT2D eigenvalue weighted by Gasteiger charge is -2.22. The number of hydrogen-bond donors (Lipinski definition) is 0. The third-order valence-electron chi connectivity index (χ3n) is 1.71. The molecule has 0 saturated carbocycles. The van der Waals surface area contributed by atoms with E-state index in [1.54, 1.807) is 0 Å². The van der Waals surface area contributed by atoms with Crippen LogP contribution in [0.4, 0.5) is 0 Å². The molecule has 0 aliphatic carbocycles. The van der Waals surface area contributed by atoms with Gasteiger partial charge < -0.3 is 4.74 Å². The second-order valence-electron chi connectivity index (χ2n) is 2.74. The van der Waals surface area contributed by atoms with E-state index in [2.05, 4.69) is 0 Å². The Kier molecular flexibility index (Phi) is 1.86. The Hall–Kier alpha value is -0.370. The number of ketones is 1. The highest BCUT2D eigenvalue weighted by Crippen LogP contribution is 2.13. The van der Waals surface area contributed by atoms with Gasteiger partial charge in [0.05, 0.1) is 13.2 Å². The van der Waals surface area contributed by atoms with Crippen LogP contribution in [-0.4, -0.2) is 19.0 Å². The van der Waals surface area contributed by atoms with Gasteiger partial charge in [-0.25, -0.2) is 0 Å². The Bertz CT molecular complexity index is 108. The molecule has 2 heteroatoms. The lowest BCUT2D eigenvalue weighted by molar-refractivity contribution is -0.135. The van der Waals surface area contributed by atoms with E-state index in [9.17, 15) is 4.79 Å². The standard InChI is InChI=1S/C7H12O2/c1-5-3-9-4-6(2)7(5)8/h5-6H,3-4H2,1-2H3/t5-,6-/m1/s1. The first-order valence-corrected chi connectivity index (χ1v) is 3.33. The number of ether oxygens (including phenoxy) is 1. The second kappa shape index (κ2) is 2.48. The van der Waals surface area contributed by atoms with Crippen molar-refractivity contribution in [1.29, 1.82) is 0 Å². The van der Waals surface area contributed by atoms with Gasteiger partial charge in [0, 0.05) is 11.8 Å². The Balaban J connectivity index is 2.52. The highest BCUT2D eigenvalue weighted by atomic mass is 16.5. The van der Waals surface area contributed by atoms with Crippen molar-refractivity contribution in [3.8, 4) is 0 Å². The van der Waals surface area contributed by atoms with Crippen LogP contribution in [0.3, 0.4) is 0 Å². The Morgan fingerprint density at radius 1 is 1.33 bits per heavy atom. The number of Topliss-reactive ketones (excluding diaryl/α,β-unsaturated/α-hetero) is 1. The van der Waals surface area contributed by atoms with Gasteiger partial charge >= 0.3 is 0 Å². The molecule has 0 aromatic carbocycles. The van der Waals surface area contributed by atoms with Crippen molar-refractivity contribution in [3.63, 3.8) is 0 Å². The lowest BCUT2D eigenvalue weighted by Crippen LogP contribution is -2.32. The molecule has 0 aromatic heterocycles. The highest BCUT2D eigenvalue weighted by molar-refractivity contribution is 5.83. The van der Waals surface area contributed by atoms with Gasteiger partial charge in [0.15, 0.2) is 0 Å². The van der Waals surface area contributed by atoms with Gasteiger partial charge in [-0.05, 0) is 0 Å². The molecule has 0 N–H and O–H groups in total. The van der Waals surface area contributed by atoms with Gasteiger partial charge in [0.25, 0.3) is 0 Å². The van der Waals surface area contributed by atoms with Crippen LogP contribution in [0.2, 0.25) is 0 Å². The predicted octanol–water partition coefficient (Wildman–Crippen LogP) is 0.858. The fourth-order valence-electron chi connectivity index (χ4n) is 1.07. The summed E-state index contributed by atoms with van der Waals surface area (Å²) < 4.78 is 5.14. The number of rotatable bonds is 0. The minimum absolute atomic E-state index is 0.119. The quantitative estimate of drug-likeness (QED) is 0.483. The van der Waals surface area contributed by atoms with E-state index in [4.69, 9.17) is 4.74 Å². The van der Waals surface area contributed by atoms with Crippen molar-refractivity contribution in [2.45, 2.75) is 13.8 Å². The zero-order chi connectivity index (χ0) is 6.85. The molecule has 52 valence electrons. The molecule has 1 fully saturated rings. The van der Waals surface area contributed by atoms with Crippen molar-refractivity contribution in [1.82, 2.24) is 0 Å². The minimum Gasteiger partial charge on any atom is -0.380 e. The average Bonchev–Trinajstić information content (AvgIpc) is 1.83. The molecule has 0 bridgehead atoms. The first-order valence-electron chi connectivity index (χ1n) is 3.33. The molecule has 1 aliphatic heterocycles. The van der Waals surface area contributed by atoms with E-state index in [0.29, 0.717) is 19.0 Å². The summed E-state index contributed by atoms with van der Waals surface area (Å²) in [4.78, 5) is 11.0. The molecule has 2 atom stereocenters. The van der Waals surface area contributed by atoms with Crippen molar-refractivity contribution in [2.75, 3.05) is 13.2 Å². The van der Waals surface area contributed by atoms with Crippen LogP contribution >= 0.6 is 0 Å². The summed E-state index contributed by atoms with van der Waals surface area (Å²) in [5, 5.41) is 0. The van der Waals surface area contributed by atoms with Crippen LogP contribution in [0, 0.1) is 11.8 Å². The van der Waals surface area contributed by atoms with Crippen LogP contribution in [-0.2, 0) is 9.53 Å². The van der Waals surface area contributed by atoms with Crippen molar-refractivity contribution in [2.24, 2.45) is 11.8 Å². The zero-order valence-electron chi connectivity index (χ0n) is 5.89. The summed E-state index contributed by atoms with van der Waals surface area (Å²) in [5.41, 5.74) is 0. The van der Waals surface area contributed by atoms with Crippen LogP contribution in [0.1, 0.15) is 13.8 Å². The molecule has 1 rings (SSSR count). The molecule has 1 aliphatic rings. The maximum atomic E-state index is 11.0. The molecular formula is C7H12O2. The Labute approximate surface area is 55.2 Å². The minimum atomic E-state index is 0.119. The van der Waals surface area contributed by atoms with Gasteiger partial charge in [-0.3, -0.25) is 4.79 Å². The van der Waals surface area contributed by atoms with Crippen LogP contribution < -0.4 is 0 Å². The van der Waals surface area contributed by atoms with Crippen LogP contribution in [0.5, 0.6) is 0 Å². The fraction of sp³-hybridized carbons (Fsp3) is 0.857. The largest absolute Gasteiger partial charge is 0.380 e. The summed E-state index contributed by atoms with van der Waals surface area (Å²) in [6.07, 6.45) is 0. The fourth-order valence-corrected chi connectivity index (χ4v) is 1.07. The number of carbonyl (C=O) groups excluding carboxylic acids is 1. The molecule has 0 radical (unpaired) electrons. The Morgan fingerprint density at radius 2 is 1.78 bits per heavy atom. The van der Waals surface area contributed by atoms with E-state index < -0.39 is 0 Å². The van der Waals surface area contributed by atoms with E-state index >= 15 is 0 Å². The molecule has 1 heterocycles. The van der Waals surface area contributed by atoms with E-state index in [1.807, 2.05) is 13.8 Å². The van der Waals surface area contributed by atoms with Gasteiger partial charge in [0.1, 0.15) is 5.78 Å². The molecule has 9 heavy (non-hydrogen) atoms. The molecule has 0 unspecified atom stereocenters. The maximum Gasteiger partial charge on any atom is 0.143 e. The van der Waals surface area contributed by atoms with Crippen molar-refractivity contribution in [3.05, 3.63) is 0 Å². The molecule has 0 amide bonds. The third-order valence-corrected chi connectivity index (χ3v) is 1.71. The first-order chi connectivity index (χ1) is 4.22. The maximum absolute atomic E-state index is 11.0. The molecule has 2 nitrogen and oxygen atoms in total. The van der Waals surface area contributed by atoms with E-state index in [0.717, 1.165) is 0 Å². The van der Waals surface area contributed by atoms with Gasteiger partial charge in [-0.15, -0.1) is 0 Å². The third kappa shape index (κ3) is 1.30. The molecule has 0 aromatic rings. The summed E-state index contributed by atoms with van der Waals surface area (Å²) in [7, 11) is 0. The summed E-state index contributed by atoms with van der Waals surface area (Å²) in [6, 6.07) is 0. The zero-order valence-corrected chi connectivity index (χ0v) is 5.89. The van der Waals surface area contributed by atoms with Gasteiger partial charge in [0.2, 0.25) is 0 Å². The normalized spacial score (nSPS) is 36.9. The van der Waals surface area contributed by atoms with Gasteiger partial charge in [-0.2, -0.15) is 0 Å².